The van der Waals surface area contributed by atoms with E-state index in [4.69, 9.17) is 14.2 Å². The number of carbonyl (C=O) groups is 2. The highest BCUT2D eigenvalue weighted by Gasteiger charge is 2.48. The molecule has 2 unspecified atom stereocenters. The smallest absolute Gasteiger partial charge is 0.407 e. The number of carboxylic acid groups (broad SMARTS) is 1. The Bertz CT molecular complexity index is 1430. The lowest BCUT2D eigenvalue weighted by Crippen LogP contribution is -2.64. The third kappa shape index (κ3) is 5.47. The maximum atomic E-state index is 13.3. The standard InChI is InChI=1S/C28H32F2N4O6/c1-28(2,3)24-16(13-34(24)27(36)37)14-39-18-7-8-33-19(12-31-22(33)11-18)15-9-20(38-4)23(21(10-15)40-26(29)30)25(35)32-17-5-6-17/h7-12,16-17,24,26H,5-6,13-14H2,1-4H3,(H,32,35)(H,36,37). The molecule has 2 N–H and O–H groups in total. The second-order valence-electron chi connectivity index (χ2n) is 11.2. The van der Waals surface area contributed by atoms with Crippen LogP contribution in [-0.2, 0) is 0 Å². The van der Waals surface area contributed by atoms with Gasteiger partial charge in [0.1, 0.15) is 28.5 Å². The molecule has 0 bridgehead atoms. The summed E-state index contributed by atoms with van der Waals surface area (Å²) in [5, 5.41) is 12.2. The fraction of sp³-hybridized carbons (Fsp3) is 0.464. The van der Waals surface area contributed by atoms with Gasteiger partial charge < -0.3 is 29.5 Å². The van der Waals surface area contributed by atoms with E-state index in [9.17, 15) is 23.5 Å². The molecule has 1 aliphatic carbocycles. The summed E-state index contributed by atoms with van der Waals surface area (Å²) in [7, 11) is 1.36. The van der Waals surface area contributed by atoms with Crippen molar-refractivity contribution in [3.05, 3.63) is 42.2 Å². The number of carbonyl (C=O) groups excluding carboxylic acids is 1. The molecule has 1 aromatic carbocycles. The van der Waals surface area contributed by atoms with E-state index in [1.807, 2.05) is 20.8 Å². The Morgan fingerprint density at radius 2 is 1.93 bits per heavy atom. The van der Waals surface area contributed by atoms with Crippen LogP contribution in [0.3, 0.4) is 0 Å². The topological polar surface area (TPSA) is 115 Å². The normalized spacial score (nSPS) is 18.9. The van der Waals surface area contributed by atoms with Crippen molar-refractivity contribution in [2.75, 3.05) is 20.3 Å². The number of ether oxygens (including phenoxy) is 3. The molecular formula is C28H32F2N4O6. The van der Waals surface area contributed by atoms with Crippen molar-refractivity contribution in [3.63, 3.8) is 0 Å². The number of pyridine rings is 1. The van der Waals surface area contributed by atoms with Gasteiger partial charge in [0.05, 0.1) is 25.6 Å². The van der Waals surface area contributed by atoms with E-state index in [0.717, 1.165) is 12.8 Å². The van der Waals surface area contributed by atoms with Crippen LogP contribution in [-0.4, -0.2) is 70.3 Å². The Morgan fingerprint density at radius 3 is 2.55 bits per heavy atom. The second-order valence-corrected chi connectivity index (χ2v) is 11.2. The predicted molar refractivity (Wildman–Crippen MR) is 141 cm³/mol. The van der Waals surface area contributed by atoms with Crippen molar-refractivity contribution in [1.29, 1.82) is 0 Å². The minimum Gasteiger partial charge on any atom is -0.496 e. The molecule has 1 aliphatic heterocycles. The first-order chi connectivity index (χ1) is 19.0. The number of alkyl halides is 2. The van der Waals surface area contributed by atoms with E-state index in [0.29, 0.717) is 35.8 Å². The first kappa shape index (κ1) is 27.5. The molecular weight excluding hydrogens is 526 g/mol. The molecule has 2 aliphatic rings. The van der Waals surface area contributed by atoms with Crippen molar-refractivity contribution in [2.24, 2.45) is 11.3 Å². The highest BCUT2D eigenvalue weighted by Crippen LogP contribution is 2.39. The number of methoxy groups -OCH3 is 1. The molecule has 0 radical (unpaired) electrons. The average Bonchev–Trinajstić information content (AvgIpc) is 3.56. The third-order valence-corrected chi connectivity index (χ3v) is 7.23. The van der Waals surface area contributed by atoms with Crippen molar-refractivity contribution in [1.82, 2.24) is 19.6 Å². The Balaban J connectivity index is 1.39. The van der Waals surface area contributed by atoms with Crippen LogP contribution < -0.4 is 19.5 Å². The lowest BCUT2D eigenvalue weighted by atomic mass is 9.72. The summed E-state index contributed by atoms with van der Waals surface area (Å²) >= 11 is 0. The largest absolute Gasteiger partial charge is 0.496 e. The van der Waals surface area contributed by atoms with Gasteiger partial charge in [0.15, 0.2) is 0 Å². The number of likely N-dealkylation sites (tertiary alicyclic amines) is 1. The van der Waals surface area contributed by atoms with E-state index in [1.54, 1.807) is 35.0 Å². The number of fused-ring (bicyclic) bond motifs is 1. The minimum atomic E-state index is -3.13. The van der Waals surface area contributed by atoms with Crippen LogP contribution in [0, 0.1) is 11.3 Å². The van der Waals surface area contributed by atoms with E-state index in [2.05, 4.69) is 10.3 Å². The number of hydrogen-bond acceptors (Lipinski definition) is 6. The Kier molecular flexibility index (Phi) is 7.19. The number of hydrogen-bond donors (Lipinski definition) is 2. The summed E-state index contributed by atoms with van der Waals surface area (Å²) < 4.78 is 44.5. The highest BCUT2D eigenvalue weighted by molar-refractivity contribution is 6.01. The van der Waals surface area contributed by atoms with Crippen LogP contribution in [0.1, 0.15) is 44.0 Å². The molecule has 214 valence electrons. The van der Waals surface area contributed by atoms with Gasteiger partial charge in [0, 0.05) is 42.4 Å². The number of aromatic nitrogens is 2. The van der Waals surface area contributed by atoms with Crippen LogP contribution >= 0.6 is 0 Å². The van der Waals surface area contributed by atoms with Crippen molar-refractivity contribution < 1.29 is 37.7 Å². The second kappa shape index (κ2) is 10.5. The molecule has 1 saturated heterocycles. The molecule has 2 atom stereocenters. The maximum absolute atomic E-state index is 13.3. The SMILES string of the molecule is COc1cc(-c2cnc3cc(OCC4CN(C(=O)O)C4C(C)(C)C)ccn23)cc(OC(F)F)c1C(=O)NC1CC1. The van der Waals surface area contributed by atoms with Gasteiger partial charge in [-0.1, -0.05) is 20.8 Å². The van der Waals surface area contributed by atoms with Gasteiger partial charge in [-0.15, -0.1) is 0 Å². The Labute approximate surface area is 229 Å². The summed E-state index contributed by atoms with van der Waals surface area (Å²) in [5.74, 6) is -0.100. The fourth-order valence-corrected chi connectivity index (χ4v) is 5.36. The predicted octanol–water partition coefficient (Wildman–Crippen LogP) is 4.91. The number of nitrogens with one attached hydrogen (secondary N) is 1. The molecule has 3 heterocycles. The van der Waals surface area contributed by atoms with E-state index >= 15 is 0 Å². The Morgan fingerprint density at radius 1 is 1.20 bits per heavy atom. The number of halogens is 2. The van der Waals surface area contributed by atoms with Gasteiger partial charge in [0.25, 0.3) is 5.91 Å². The molecule has 1 saturated carbocycles. The molecule has 0 spiro atoms. The lowest BCUT2D eigenvalue weighted by molar-refractivity contribution is -0.0513. The van der Waals surface area contributed by atoms with Crippen LogP contribution in [0.2, 0.25) is 0 Å². The van der Waals surface area contributed by atoms with Crippen molar-refractivity contribution in [3.8, 4) is 28.5 Å². The molecule has 3 aromatic rings. The van der Waals surface area contributed by atoms with Crippen LogP contribution in [0.4, 0.5) is 13.6 Å². The van der Waals surface area contributed by atoms with Gasteiger partial charge in [-0.05, 0) is 36.5 Å². The summed E-state index contributed by atoms with van der Waals surface area (Å²) in [6.07, 6.45) is 4.06. The summed E-state index contributed by atoms with van der Waals surface area (Å²) in [4.78, 5) is 30.2. The van der Waals surface area contributed by atoms with Crippen LogP contribution in [0.15, 0.2) is 36.7 Å². The van der Waals surface area contributed by atoms with Gasteiger partial charge in [-0.3, -0.25) is 9.20 Å². The summed E-state index contributed by atoms with van der Waals surface area (Å²) in [5.41, 5.74) is 1.26. The highest BCUT2D eigenvalue weighted by atomic mass is 19.3. The number of amides is 2. The quantitative estimate of drug-likeness (QED) is 0.384. The van der Waals surface area contributed by atoms with E-state index in [1.165, 1.54) is 18.1 Å². The molecule has 5 rings (SSSR count). The van der Waals surface area contributed by atoms with Crippen LogP contribution in [0.5, 0.6) is 17.2 Å². The van der Waals surface area contributed by atoms with Crippen LogP contribution in [0.25, 0.3) is 16.9 Å². The molecule has 40 heavy (non-hydrogen) atoms. The van der Waals surface area contributed by atoms with E-state index in [-0.39, 0.29) is 40.5 Å². The number of rotatable bonds is 9. The lowest BCUT2D eigenvalue weighted by Gasteiger charge is -2.52. The molecule has 2 amide bonds. The molecule has 12 heteroatoms. The zero-order valence-electron chi connectivity index (χ0n) is 22.7. The monoisotopic (exact) mass is 558 g/mol. The maximum Gasteiger partial charge on any atom is 0.407 e. The van der Waals surface area contributed by atoms with Crippen molar-refractivity contribution in [2.45, 2.75) is 52.3 Å². The van der Waals surface area contributed by atoms with Gasteiger partial charge >= 0.3 is 12.7 Å². The van der Waals surface area contributed by atoms with Crippen molar-refractivity contribution >= 4 is 17.6 Å². The fourth-order valence-electron chi connectivity index (χ4n) is 5.36. The molecule has 2 fully saturated rings. The van der Waals surface area contributed by atoms with E-state index < -0.39 is 18.6 Å². The van der Waals surface area contributed by atoms with Gasteiger partial charge in [-0.25, -0.2) is 9.78 Å². The Hall–Kier alpha value is -4.09. The molecule has 10 nitrogen and oxygen atoms in total. The number of nitrogens with zero attached hydrogens (tertiary/aromatic N) is 3. The third-order valence-electron chi connectivity index (χ3n) is 7.23. The van der Waals surface area contributed by atoms with Gasteiger partial charge in [0.2, 0.25) is 0 Å². The first-order valence-electron chi connectivity index (χ1n) is 13.0. The summed E-state index contributed by atoms with van der Waals surface area (Å²) in [6.45, 7) is 3.66. The van der Waals surface area contributed by atoms with Gasteiger partial charge in [-0.2, -0.15) is 8.78 Å². The number of benzene rings is 1. The zero-order chi connectivity index (χ0) is 28.8. The number of imidazole rings is 1. The molecule has 2 aromatic heterocycles. The average molecular weight is 559 g/mol. The zero-order valence-corrected chi connectivity index (χ0v) is 22.7. The summed E-state index contributed by atoms with van der Waals surface area (Å²) in [6, 6.07) is 6.33. The minimum absolute atomic E-state index is 0.0196. The first-order valence-corrected chi connectivity index (χ1v) is 13.0.